The Balaban J connectivity index is 1.33. The van der Waals surface area contributed by atoms with Gasteiger partial charge in [-0.05, 0) is 61.0 Å². The number of piperidine rings is 1. The number of rotatable bonds is 5. The molecule has 1 fully saturated rings. The molecule has 0 saturated carbocycles. The molecule has 0 unspecified atom stereocenters. The summed E-state index contributed by atoms with van der Waals surface area (Å²) in [6, 6.07) is 26.8. The lowest BCUT2D eigenvalue weighted by atomic mass is 9.72. The minimum atomic E-state index is -0.975. The van der Waals surface area contributed by atoms with Gasteiger partial charge >= 0.3 is 0 Å². The summed E-state index contributed by atoms with van der Waals surface area (Å²) in [5.74, 6) is 1.87. The van der Waals surface area contributed by atoms with Gasteiger partial charge in [-0.3, -0.25) is 4.90 Å². The molecule has 1 N–H and O–H groups in total. The number of fused-ring (bicyclic) bond motifs is 1. The first-order valence-corrected chi connectivity index (χ1v) is 11.6. The van der Waals surface area contributed by atoms with Gasteiger partial charge in [0.15, 0.2) is 11.5 Å². The first-order valence-electron chi connectivity index (χ1n) is 11.6. The predicted octanol–water partition coefficient (Wildman–Crippen LogP) is 4.65. The van der Waals surface area contributed by atoms with Gasteiger partial charge in [0.2, 0.25) is 0 Å². The van der Waals surface area contributed by atoms with Crippen molar-refractivity contribution in [3.8, 4) is 11.5 Å². The highest BCUT2D eigenvalue weighted by atomic mass is 16.5. The highest BCUT2D eigenvalue weighted by Gasteiger charge is 2.42. The largest absolute Gasteiger partial charge is 0.493 e. The third-order valence-corrected chi connectivity index (χ3v) is 7.22. The molecule has 2 heterocycles. The molecule has 32 heavy (non-hydrogen) atoms. The zero-order chi connectivity index (χ0) is 22.0. The van der Waals surface area contributed by atoms with Crippen LogP contribution in [-0.2, 0) is 12.0 Å². The number of nitrogens with zero attached hydrogens (tertiary/aromatic N) is 1. The van der Waals surface area contributed by atoms with E-state index in [9.17, 15) is 5.11 Å². The Hall–Kier alpha value is -2.82. The predicted molar refractivity (Wildman–Crippen MR) is 126 cm³/mol. The topological polar surface area (TPSA) is 41.9 Å². The van der Waals surface area contributed by atoms with E-state index in [2.05, 4.69) is 35.2 Å². The number of benzene rings is 3. The molecule has 0 aliphatic carbocycles. The SMILES string of the molecule is COc1cccc2c1OC[C@@H](N1CCC(C(O)(c3ccccc3)c3ccccc3)CC1)C2. The van der Waals surface area contributed by atoms with Gasteiger partial charge in [-0.25, -0.2) is 0 Å². The van der Waals surface area contributed by atoms with Gasteiger partial charge < -0.3 is 14.6 Å². The van der Waals surface area contributed by atoms with Gasteiger partial charge in [0.1, 0.15) is 12.2 Å². The molecular formula is C28H31NO3. The lowest BCUT2D eigenvalue weighted by Gasteiger charge is -2.45. The fourth-order valence-corrected chi connectivity index (χ4v) is 5.48. The van der Waals surface area contributed by atoms with Gasteiger partial charge in [0, 0.05) is 6.04 Å². The average molecular weight is 430 g/mol. The Labute approximate surface area is 190 Å². The number of likely N-dealkylation sites (tertiary alicyclic amines) is 1. The summed E-state index contributed by atoms with van der Waals surface area (Å²) in [5, 5.41) is 12.1. The summed E-state index contributed by atoms with van der Waals surface area (Å²) in [5.41, 5.74) is 2.20. The van der Waals surface area contributed by atoms with Gasteiger partial charge in [-0.1, -0.05) is 72.8 Å². The van der Waals surface area contributed by atoms with E-state index in [0.29, 0.717) is 12.6 Å². The van der Waals surface area contributed by atoms with E-state index < -0.39 is 5.60 Å². The number of methoxy groups -OCH3 is 1. The summed E-state index contributed by atoms with van der Waals surface area (Å²) >= 11 is 0. The second-order valence-electron chi connectivity index (χ2n) is 8.93. The number of para-hydroxylation sites is 1. The molecule has 0 radical (unpaired) electrons. The van der Waals surface area contributed by atoms with E-state index in [1.807, 2.05) is 48.5 Å². The third-order valence-electron chi connectivity index (χ3n) is 7.22. The highest BCUT2D eigenvalue weighted by Crippen LogP contribution is 2.43. The maximum Gasteiger partial charge on any atom is 0.164 e. The summed E-state index contributed by atoms with van der Waals surface area (Å²) < 4.78 is 11.6. The van der Waals surface area contributed by atoms with E-state index >= 15 is 0 Å². The molecule has 0 amide bonds. The molecule has 166 valence electrons. The standard InChI is InChI=1S/C28H31NO3/c1-31-26-14-8-9-21-19-25(20-32-27(21)26)29-17-15-24(16-18-29)28(30,22-10-4-2-5-11-22)23-12-6-3-7-13-23/h2-14,24-25,30H,15-20H2,1H3/t25-/m0/s1. The van der Waals surface area contributed by atoms with Crippen LogP contribution in [0.15, 0.2) is 78.9 Å². The number of hydrogen-bond donors (Lipinski definition) is 1. The van der Waals surface area contributed by atoms with E-state index in [1.54, 1.807) is 7.11 Å². The van der Waals surface area contributed by atoms with Crippen molar-refractivity contribution in [1.82, 2.24) is 4.90 Å². The molecule has 1 saturated heterocycles. The fraction of sp³-hybridized carbons (Fsp3) is 0.357. The molecule has 0 spiro atoms. The van der Waals surface area contributed by atoms with Crippen molar-refractivity contribution >= 4 is 0 Å². The van der Waals surface area contributed by atoms with Gasteiger partial charge in [0.05, 0.1) is 7.11 Å². The maximum atomic E-state index is 12.1. The monoisotopic (exact) mass is 429 g/mol. The second-order valence-corrected chi connectivity index (χ2v) is 8.93. The minimum Gasteiger partial charge on any atom is -0.493 e. The lowest BCUT2D eigenvalue weighted by molar-refractivity contribution is -0.0249. The number of ether oxygens (including phenoxy) is 2. The normalized spacial score (nSPS) is 19.8. The summed E-state index contributed by atoms with van der Waals surface area (Å²) in [6.07, 6.45) is 2.86. The molecule has 0 bridgehead atoms. The van der Waals surface area contributed by atoms with Crippen LogP contribution in [0.2, 0.25) is 0 Å². The minimum absolute atomic E-state index is 0.167. The molecular weight excluding hydrogens is 398 g/mol. The van der Waals surface area contributed by atoms with Gasteiger partial charge in [-0.15, -0.1) is 0 Å². The van der Waals surface area contributed by atoms with Gasteiger partial charge in [0.25, 0.3) is 0 Å². The van der Waals surface area contributed by atoms with Crippen molar-refractivity contribution in [3.63, 3.8) is 0 Å². The van der Waals surface area contributed by atoms with Crippen molar-refractivity contribution in [2.24, 2.45) is 5.92 Å². The molecule has 1 atom stereocenters. The summed E-state index contributed by atoms with van der Waals surface area (Å²) in [6.45, 7) is 2.60. The van der Waals surface area contributed by atoms with E-state index in [0.717, 1.165) is 55.0 Å². The zero-order valence-electron chi connectivity index (χ0n) is 18.6. The molecule has 2 aliphatic rings. The smallest absolute Gasteiger partial charge is 0.164 e. The summed E-state index contributed by atoms with van der Waals surface area (Å²) in [7, 11) is 1.69. The Kier molecular flexibility index (Phi) is 5.90. The first kappa shape index (κ1) is 21.0. The van der Waals surface area contributed by atoms with Crippen LogP contribution in [0, 0.1) is 5.92 Å². The van der Waals surface area contributed by atoms with Crippen LogP contribution < -0.4 is 9.47 Å². The van der Waals surface area contributed by atoms with Gasteiger partial charge in [-0.2, -0.15) is 0 Å². The van der Waals surface area contributed by atoms with E-state index in [4.69, 9.17) is 9.47 Å². The molecule has 5 rings (SSSR count). The molecule has 4 nitrogen and oxygen atoms in total. The molecule has 3 aromatic rings. The van der Waals surface area contributed by atoms with Crippen molar-refractivity contribution in [1.29, 1.82) is 0 Å². The number of aliphatic hydroxyl groups is 1. The van der Waals surface area contributed by atoms with Crippen LogP contribution in [-0.4, -0.2) is 42.9 Å². The summed E-state index contributed by atoms with van der Waals surface area (Å²) in [4.78, 5) is 2.54. The van der Waals surface area contributed by atoms with Crippen LogP contribution in [0.5, 0.6) is 11.5 Å². The molecule has 4 heteroatoms. The Morgan fingerprint density at radius 1 is 0.875 bits per heavy atom. The van der Waals surface area contributed by atoms with Crippen LogP contribution in [0.1, 0.15) is 29.5 Å². The highest BCUT2D eigenvalue weighted by molar-refractivity contribution is 5.48. The van der Waals surface area contributed by atoms with Crippen molar-refractivity contribution in [2.75, 3.05) is 26.8 Å². The van der Waals surface area contributed by atoms with Crippen LogP contribution in [0.25, 0.3) is 0 Å². The third kappa shape index (κ3) is 3.78. The second kappa shape index (κ2) is 8.97. The van der Waals surface area contributed by atoms with Crippen molar-refractivity contribution in [3.05, 3.63) is 95.6 Å². The molecule has 0 aromatic heterocycles. The first-order chi connectivity index (χ1) is 15.7. The Morgan fingerprint density at radius 3 is 2.09 bits per heavy atom. The van der Waals surface area contributed by atoms with Crippen molar-refractivity contribution < 1.29 is 14.6 Å². The van der Waals surface area contributed by atoms with Crippen molar-refractivity contribution in [2.45, 2.75) is 30.9 Å². The molecule has 3 aromatic carbocycles. The van der Waals surface area contributed by atoms with E-state index in [1.165, 1.54) is 5.56 Å². The number of hydrogen-bond acceptors (Lipinski definition) is 4. The quantitative estimate of drug-likeness (QED) is 0.641. The zero-order valence-corrected chi connectivity index (χ0v) is 18.6. The Morgan fingerprint density at radius 2 is 1.50 bits per heavy atom. The van der Waals surface area contributed by atoms with Crippen LogP contribution >= 0.6 is 0 Å². The average Bonchev–Trinajstić information content (AvgIpc) is 2.88. The maximum absolute atomic E-state index is 12.1. The lowest BCUT2D eigenvalue weighted by Crippen LogP contribution is -2.50. The molecule has 2 aliphatic heterocycles. The van der Waals surface area contributed by atoms with Crippen LogP contribution in [0.3, 0.4) is 0 Å². The Bertz CT molecular complexity index is 990. The van der Waals surface area contributed by atoms with Crippen LogP contribution in [0.4, 0.5) is 0 Å². The van der Waals surface area contributed by atoms with E-state index in [-0.39, 0.29) is 5.92 Å². The fourth-order valence-electron chi connectivity index (χ4n) is 5.48.